The lowest BCUT2D eigenvalue weighted by atomic mass is 10.2. The molecule has 0 saturated carbocycles. The molecule has 70 valence electrons. The van der Waals surface area contributed by atoms with E-state index in [1.165, 1.54) is 6.20 Å². The van der Waals surface area contributed by atoms with Gasteiger partial charge in [-0.25, -0.2) is 4.79 Å². The summed E-state index contributed by atoms with van der Waals surface area (Å²) in [4.78, 5) is 10.1. The molecule has 1 atom stereocenters. The van der Waals surface area contributed by atoms with Crippen LogP contribution in [0.3, 0.4) is 0 Å². The average molecular weight is 174 g/mol. The third kappa shape index (κ3) is 5.55. The van der Waals surface area contributed by atoms with Crippen LogP contribution in [-0.4, -0.2) is 23.8 Å². The maximum Gasteiger partial charge on any atom is 0.329 e. The van der Waals surface area contributed by atoms with Crippen molar-refractivity contribution in [2.24, 2.45) is 11.5 Å². The Morgan fingerprint density at radius 3 is 2.75 bits per heavy atom. The van der Waals surface area contributed by atoms with Gasteiger partial charge in [0.15, 0.2) is 0 Å². The Labute approximate surface area is 71.0 Å². The Kier molecular flexibility index (Phi) is 4.87. The molecule has 0 aliphatic carbocycles. The molecule has 1 unspecified atom stereocenters. The summed E-state index contributed by atoms with van der Waals surface area (Å²) in [5.41, 5.74) is 11.0. The highest BCUT2D eigenvalue weighted by molar-refractivity contribution is 5.68. The Balaban J connectivity index is 3.59. The predicted molar refractivity (Wildman–Crippen MR) is 44.1 cm³/mol. The summed E-state index contributed by atoms with van der Waals surface area (Å²) in [5.74, 6) is -0.989. The molecule has 0 radical (unpaired) electrons. The van der Waals surface area contributed by atoms with Gasteiger partial charge in [0.2, 0.25) is 0 Å². The van der Waals surface area contributed by atoms with Gasteiger partial charge in [-0.15, -0.1) is 0 Å². The molecule has 0 bridgehead atoms. The third-order valence-electron chi connectivity index (χ3n) is 1.23. The second-order valence-corrected chi connectivity index (χ2v) is 2.46. The minimum absolute atomic E-state index is 0.221. The van der Waals surface area contributed by atoms with Crippen molar-refractivity contribution in [3.63, 3.8) is 0 Å². The number of aliphatic carboxylic acids is 1. The molecule has 0 saturated heterocycles. The maximum absolute atomic E-state index is 10.1. The number of ether oxygens (including phenoxy) is 1. The number of hydrogen-bond donors (Lipinski definition) is 3. The number of carboxylic acids is 1. The summed E-state index contributed by atoms with van der Waals surface area (Å²) in [7, 11) is 0. The molecule has 5 nitrogen and oxygen atoms in total. The van der Waals surface area contributed by atoms with E-state index in [-0.39, 0.29) is 12.7 Å². The standard InChI is InChI=1S/C7H14N2O3/c1-5(2-6(9)3-8)12-4-7(10)11/h3,5H,2,4,8-9H2,1H3,(H,10,11)/b6-3-. The van der Waals surface area contributed by atoms with E-state index < -0.39 is 5.97 Å². The first kappa shape index (κ1) is 10.8. The first-order chi connectivity index (χ1) is 5.56. The zero-order chi connectivity index (χ0) is 9.56. The van der Waals surface area contributed by atoms with Crippen molar-refractivity contribution >= 4 is 5.97 Å². The molecule has 0 aliphatic rings. The lowest BCUT2D eigenvalue weighted by Crippen LogP contribution is -2.18. The first-order valence-corrected chi connectivity index (χ1v) is 3.56. The topological polar surface area (TPSA) is 98.6 Å². The molecule has 12 heavy (non-hydrogen) atoms. The van der Waals surface area contributed by atoms with E-state index in [4.69, 9.17) is 21.3 Å². The average Bonchev–Trinajstić information content (AvgIpc) is 2.00. The molecular weight excluding hydrogens is 160 g/mol. The first-order valence-electron chi connectivity index (χ1n) is 3.56. The van der Waals surface area contributed by atoms with Gasteiger partial charge in [-0.2, -0.15) is 0 Å². The van der Waals surface area contributed by atoms with Gasteiger partial charge < -0.3 is 21.3 Å². The fourth-order valence-electron chi connectivity index (χ4n) is 0.672. The van der Waals surface area contributed by atoms with Gasteiger partial charge in [0, 0.05) is 18.3 Å². The van der Waals surface area contributed by atoms with Gasteiger partial charge >= 0.3 is 5.97 Å². The third-order valence-corrected chi connectivity index (χ3v) is 1.23. The molecule has 0 rings (SSSR count). The second-order valence-electron chi connectivity index (χ2n) is 2.46. The minimum Gasteiger partial charge on any atom is -0.480 e. The second kappa shape index (κ2) is 5.42. The maximum atomic E-state index is 10.1. The van der Waals surface area contributed by atoms with E-state index in [1.807, 2.05) is 0 Å². The van der Waals surface area contributed by atoms with Crippen LogP contribution in [0.5, 0.6) is 0 Å². The Hall–Kier alpha value is -1.23. The van der Waals surface area contributed by atoms with Crippen LogP contribution in [0.4, 0.5) is 0 Å². The molecule has 0 aliphatic heterocycles. The van der Waals surface area contributed by atoms with Crippen LogP contribution in [0.2, 0.25) is 0 Å². The zero-order valence-electron chi connectivity index (χ0n) is 6.99. The van der Waals surface area contributed by atoms with E-state index >= 15 is 0 Å². The van der Waals surface area contributed by atoms with Gasteiger partial charge in [0.25, 0.3) is 0 Å². The quantitative estimate of drug-likeness (QED) is 0.528. The van der Waals surface area contributed by atoms with Crippen LogP contribution < -0.4 is 11.5 Å². The molecule has 0 amide bonds. The summed E-state index contributed by atoms with van der Waals surface area (Å²) in [6.45, 7) is 1.43. The molecule has 0 fully saturated rings. The number of carboxylic acid groups (broad SMARTS) is 1. The number of rotatable bonds is 5. The summed E-state index contributed by atoms with van der Waals surface area (Å²) >= 11 is 0. The van der Waals surface area contributed by atoms with E-state index in [1.54, 1.807) is 6.92 Å². The number of nitrogens with two attached hydrogens (primary N) is 2. The van der Waals surface area contributed by atoms with E-state index in [9.17, 15) is 4.79 Å². The van der Waals surface area contributed by atoms with Crippen molar-refractivity contribution in [3.05, 3.63) is 11.9 Å². The van der Waals surface area contributed by atoms with Crippen LogP contribution in [0.25, 0.3) is 0 Å². The highest BCUT2D eigenvalue weighted by Crippen LogP contribution is 2.01. The summed E-state index contributed by atoms with van der Waals surface area (Å²) in [6, 6.07) is 0. The van der Waals surface area contributed by atoms with Crippen LogP contribution >= 0.6 is 0 Å². The zero-order valence-corrected chi connectivity index (χ0v) is 6.99. The molecule has 0 aromatic rings. The highest BCUT2D eigenvalue weighted by Gasteiger charge is 2.05. The van der Waals surface area contributed by atoms with Gasteiger partial charge in [-0.05, 0) is 6.92 Å². The van der Waals surface area contributed by atoms with Crippen LogP contribution in [0.15, 0.2) is 11.9 Å². The molecule has 5 N–H and O–H groups in total. The summed E-state index contributed by atoms with van der Waals surface area (Å²) in [5, 5.41) is 8.26. The molecular formula is C7H14N2O3. The fourth-order valence-corrected chi connectivity index (χ4v) is 0.672. The minimum atomic E-state index is -0.989. The Bertz CT molecular complexity index is 179. The lowest BCUT2D eigenvalue weighted by molar-refractivity contribution is -0.144. The van der Waals surface area contributed by atoms with Gasteiger partial charge in [-0.3, -0.25) is 0 Å². The number of carbonyl (C=O) groups is 1. The van der Waals surface area contributed by atoms with Gasteiger partial charge in [0.05, 0.1) is 6.10 Å². The van der Waals surface area contributed by atoms with Crippen LogP contribution in [-0.2, 0) is 9.53 Å². The normalized spacial score (nSPS) is 14.2. The van der Waals surface area contributed by atoms with Crippen molar-refractivity contribution in [2.45, 2.75) is 19.4 Å². The van der Waals surface area contributed by atoms with Crippen molar-refractivity contribution in [1.29, 1.82) is 0 Å². The van der Waals surface area contributed by atoms with E-state index in [2.05, 4.69) is 0 Å². The fraction of sp³-hybridized carbons (Fsp3) is 0.571. The summed E-state index contributed by atoms with van der Waals surface area (Å²) in [6.07, 6.45) is 1.51. The smallest absolute Gasteiger partial charge is 0.329 e. The molecule has 0 aromatic heterocycles. The molecule has 0 aromatic carbocycles. The van der Waals surface area contributed by atoms with Crippen LogP contribution in [0, 0.1) is 0 Å². The van der Waals surface area contributed by atoms with Crippen molar-refractivity contribution in [1.82, 2.24) is 0 Å². The van der Waals surface area contributed by atoms with E-state index in [0.29, 0.717) is 12.1 Å². The monoisotopic (exact) mass is 174 g/mol. The molecule has 0 heterocycles. The largest absolute Gasteiger partial charge is 0.480 e. The SMILES string of the molecule is CC(C/C(N)=C/N)OCC(=O)O. The summed E-state index contributed by atoms with van der Waals surface area (Å²) < 4.78 is 4.90. The van der Waals surface area contributed by atoms with Crippen molar-refractivity contribution in [2.75, 3.05) is 6.61 Å². The van der Waals surface area contributed by atoms with Crippen molar-refractivity contribution in [3.8, 4) is 0 Å². The van der Waals surface area contributed by atoms with Gasteiger partial charge in [0.1, 0.15) is 6.61 Å². The van der Waals surface area contributed by atoms with Crippen molar-refractivity contribution < 1.29 is 14.6 Å². The highest BCUT2D eigenvalue weighted by atomic mass is 16.5. The lowest BCUT2D eigenvalue weighted by Gasteiger charge is -2.10. The van der Waals surface area contributed by atoms with Gasteiger partial charge in [-0.1, -0.05) is 0 Å². The Morgan fingerprint density at radius 2 is 2.33 bits per heavy atom. The van der Waals surface area contributed by atoms with E-state index in [0.717, 1.165) is 0 Å². The van der Waals surface area contributed by atoms with Crippen LogP contribution in [0.1, 0.15) is 13.3 Å². The molecule has 0 spiro atoms. The predicted octanol–water partition coefficient (Wildman–Crippen LogP) is -0.375. The Morgan fingerprint density at radius 1 is 1.75 bits per heavy atom. The molecule has 5 heteroatoms. The number of hydrogen-bond acceptors (Lipinski definition) is 4.